The van der Waals surface area contributed by atoms with E-state index in [2.05, 4.69) is 22.9 Å². The van der Waals surface area contributed by atoms with Crippen LogP contribution in [-0.4, -0.2) is 78.4 Å². The number of primary amides is 2. The average Bonchev–Trinajstić information content (AvgIpc) is 2.93. The summed E-state index contributed by atoms with van der Waals surface area (Å²) < 4.78 is 11.4. The minimum atomic E-state index is -1.39. The van der Waals surface area contributed by atoms with Crippen molar-refractivity contribution in [3.63, 3.8) is 0 Å². The van der Waals surface area contributed by atoms with E-state index in [0.717, 1.165) is 25.7 Å². The minimum Gasteiger partial charge on any atom is -0.393 e. The van der Waals surface area contributed by atoms with Crippen LogP contribution in [-0.2, 0) is 33.4 Å². The zero-order valence-corrected chi connectivity index (χ0v) is 27.5. The fraction of sp³-hybridized carbons (Fsp3) is 0.839. The van der Waals surface area contributed by atoms with Gasteiger partial charge in [-0.1, -0.05) is 65.7 Å². The third-order valence-electron chi connectivity index (χ3n) is 6.97. The van der Waals surface area contributed by atoms with Crippen LogP contribution in [0.1, 0.15) is 118 Å². The molecule has 0 saturated carbocycles. The summed E-state index contributed by atoms with van der Waals surface area (Å²) in [6.07, 6.45) is 5.71. The standard InChI is InChI=1S/C31H59N5O8/c1-6-9-10-11-12-13-14-15-22(37)19-28(40)34-24(20-27(33)39)30(42)35-23(16-17-26(32)38)29(41)36-25(18-21(4)5)31(43-7-2)44-8-3/h21-25,31,37H,6-20H2,1-5H3,(H2,32,38)(H2,33,39)(H,34,40)(H,35,42)(H,36,41)/t22-,23+,24+,25+/m1/s1. The number of rotatable bonds is 27. The third kappa shape index (κ3) is 20.2. The normalized spacial score (nSPS) is 14.1. The fourth-order valence-electron chi connectivity index (χ4n) is 4.78. The molecule has 256 valence electrons. The van der Waals surface area contributed by atoms with E-state index in [9.17, 15) is 29.1 Å². The second-order valence-electron chi connectivity index (χ2n) is 11.6. The van der Waals surface area contributed by atoms with Crippen molar-refractivity contribution in [2.45, 2.75) is 149 Å². The van der Waals surface area contributed by atoms with E-state index >= 15 is 0 Å². The summed E-state index contributed by atoms with van der Waals surface area (Å²) in [7, 11) is 0. The number of ether oxygens (including phenoxy) is 2. The fourth-order valence-corrected chi connectivity index (χ4v) is 4.78. The molecular formula is C31H59N5O8. The first kappa shape index (κ1) is 41.2. The molecular weight excluding hydrogens is 570 g/mol. The van der Waals surface area contributed by atoms with Gasteiger partial charge in [0.1, 0.15) is 12.1 Å². The molecule has 0 bridgehead atoms. The predicted molar refractivity (Wildman–Crippen MR) is 168 cm³/mol. The molecule has 0 aliphatic rings. The van der Waals surface area contributed by atoms with E-state index in [1.807, 2.05) is 13.8 Å². The molecule has 0 unspecified atom stereocenters. The number of hydrogen-bond donors (Lipinski definition) is 6. The summed E-state index contributed by atoms with van der Waals surface area (Å²) in [4.78, 5) is 62.6. The second-order valence-corrected chi connectivity index (χ2v) is 11.6. The molecule has 44 heavy (non-hydrogen) atoms. The van der Waals surface area contributed by atoms with Crippen LogP contribution in [0.5, 0.6) is 0 Å². The number of aliphatic hydroxyl groups excluding tert-OH is 1. The Morgan fingerprint density at radius 2 is 1.27 bits per heavy atom. The second kappa shape index (κ2) is 24.5. The van der Waals surface area contributed by atoms with Gasteiger partial charge < -0.3 is 42.0 Å². The Bertz CT molecular complexity index is 851. The maximum atomic E-state index is 13.4. The molecule has 0 fully saturated rings. The molecule has 0 radical (unpaired) electrons. The zero-order chi connectivity index (χ0) is 33.5. The van der Waals surface area contributed by atoms with Gasteiger partial charge in [0.25, 0.3) is 0 Å². The summed E-state index contributed by atoms with van der Waals surface area (Å²) in [5.41, 5.74) is 10.6. The number of hydrogen-bond acceptors (Lipinski definition) is 8. The Kier molecular flexibility index (Phi) is 23.0. The summed E-state index contributed by atoms with van der Waals surface area (Å²) >= 11 is 0. The summed E-state index contributed by atoms with van der Waals surface area (Å²) in [6, 6.07) is -3.17. The number of nitrogens with one attached hydrogen (secondary N) is 3. The van der Waals surface area contributed by atoms with Crippen molar-refractivity contribution in [3.05, 3.63) is 0 Å². The highest BCUT2D eigenvalue weighted by molar-refractivity contribution is 5.95. The maximum absolute atomic E-state index is 13.4. The Labute approximate surface area is 263 Å². The van der Waals surface area contributed by atoms with Crippen molar-refractivity contribution in [1.29, 1.82) is 0 Å². The van der Waals surface area contributed by atoms with Crippen LogP contribution < -0.4 is 27.4 Å². The minimum absolute atomic E-state index is 0.121. The lowest BCUT2D eigenvalue weighted by Gasteiger charge is -2.31. The third-order valence-corrected chi connectivity index (χ3v) is 6.97. The molecule has 0 aromatic heterocycles. The Hall–Kier alpha value is -2.77. The summed E-state index contributed by atoms with van der Waals surface area (Å²) in [5.74, 6) is -3.43. The van der Waals surface area contributed by atoms with Crippen molar-refractivity contribution < 1.29 is 38.6 Å². The lowest BCUT2D eigenvalue weighted by Crippen LogP contribution is -2.57. The Morgan fingerprint density at radius 1 is 0.705 bits per heavy atom. The molecule has 0 rings (SSSR count). The molecule has 4 atom stereocenters. The van der Waals surface area contributed by atoms with Gasteiger partial charge in [0.15, 0.2) is 6.29 Å². The lowest BCUT2D eigenvalue weighted by atomic mass is 10.0. The number of unbranched alkanes of at least 4 members (excludes halogenated alkanes) is 6. The Balaban J connectivity index is 5.47. The van der Waals surface area contributed by atoms with E-state index in [1.165, 1.54) is 19.3 Å². The molecule has 0 spiro atoms. The lowest BCUT2D eigenvalue weighted by molar-refractivity contribution is -0.161. The van der Waals surface area contributed by atoms with Gasteiger partial charge in [-0.3, -0.25) is 24.0 Å². The molecule has 0 aromatic carbocycles. The topological polar surface area (TPSA) is 212 Å². The van der Waals surface area contributed by atoms with E-state index in [4.69, 9.17) is 20.9 Å². The first-order valence-corrected chi connectivity index (χ1v) is 16.2. The predicted octanol–water partition coefficient (Wildman–Crippen LogP) is 1.92. The molecule has 8 N–H and O–H groups in total. The molecule has 0 heterocycles. The highest BCUT2D eigenvalue weighted by Crippen LogP contribution is 2.14. The van der Waals surface area contributed by atoms with Crippen molar-refractivity contribution >= 4 is 29.5 Å². The van der Waals surface area contributed by atoms with E-state index in [1.54, 1.807) is 13.8 Å². The molecule has 0 saturated heterocycles. The first-order chi connectivity index (χ1) is 20.8. The number of carbonyl (C=O) groups excluding carboxylic acids is 5. The highest BCUT2D eigenvalue weighted by atomic mass is 16.7. The van der Waals surface area contributed by atoms with Gasteiger partial charge in [0.2, 0.25) is 29.5 Å². The van der Waals surface area contributed by atoms with Gasteiger partial charge in [0, 0.05) is 19.6 Å². The SMILES string of the molecule is CCCCCCCCC[C@@H](O)CC(=O)N[C@@H](CC(N)=O)C(=O)N[C@@H](CCC(N)=O)C(=O)N[C@@H](CC(C)C)C(OCC)OCC. The van der Waals surface area contributed by atoms with E-state index < -0.39 is 66.5 Å². The number of nitrogens with two attached hydrogens (primary N) is 2. The van der Waals surface area contributed by atoms with Crippen LogP contribution in [0.4, 0.5) is 0 Å². The highest BCUT2D eigenvalue weighted by Gasteiger charge is 2.32. The number of aliphatic hydroxyl groups is 1. The number of carbonyl (C=O) groups is 5. The summed E-state index contributed by atoms with van der Waals surface area (Å²) in [5, 5.41) is 18.2. The van der Waals surface area contributed by atoms with Crippen molar-refractivity contribution in [1.82, 2.24) is 16.0 Å². The van der Waals surface area contributed by atoms with Gasteiger partial charge in [-0.05, 0) is 39.0 Å². The van der Waals surface area contributed by atoms with Crippen molar-refractivity contribution in [3.8, 4) is 0 Å². The molecule has 13 heteroatoms. The van der Waals surface area contributed by atoms with Crippen LogP contribution in [0.3, 0.4) is 0 Å². The van der Waals surface area contributed by atoms with Crippen molar-refractivity contribution in [2.24, 2.45) is 17.4 Å². The van der Waals surface area contributed by atoms with Crippen LogP contribution >= 0.6 is 0 Å². The average molecular weight is 630 g/mol. The van der Waals surface area contributed by atoms with Crippen LogP contribution in [0.2, 0.25) is 0 Å². The number of amides is 5. The zero-order valence-electron chi connectivity index (χ0n) is 27.5. The van der Waals surface area contributed by atoms with Gasteiger partial charge in [-0.15, -0.1) is 0 Å². The van der Waals surface area contributed by atoms with E-state index in [0.29, 0.717) is 26.1 Å². The molecule has 0 aliphatic carbocycles. The van der Waals surface area contributed by atoms with Gasteiger partial charge >= 0.3 is 0 Å². The van der Waals surface area contributed by atoms with Gasteiger partial charge in [0.05, 0.1) is 25.0 Å². The van der Waals surface area contributed by atoms with Crippen molar-refractivity contribution in [2.75, 3.05) is 13.2 Å². The van der Waals surface area contributed by atoms with Crippen LogP contribution in [0.15, 0.2) is 0 Å². The van der Waals surface area contributed by atoms with Crippen LogP contribution in [0.25, 0.3) is 0 Å². The molecule has 5 amide bonds. The molecule has 13 nitrogen and oxygen atoms in total. The summed E-state index contributed by atoms with van der Waals surface area (Å²) in [6.45, 7) is 10.4. The quantitative estimate of drug-likeness (QED) is 0.0582. The van der Waals surface area contributed by atoms with E-state index in [-0.39, 0.29) is 25.2 Å². The first-order valence-electron chi connectivity index (χ1n) is 16.2. The van der Waals surface area contributed by atoms with Gasteiger partial charge in [-0.25, -0.2) is 0 Å². The maximum Gasteiger partial charge on any atom is 0.243 e. The van der Waals surface area contributed by atoms with Gasteiger partial charge in [-0.2, -0.15) is 0 Å². The largest absolute Gasteiger partial charge is 0.393 e. The smallest absolute Gasteiger partial charge is 0.243 e. The Morgan fingerprint density at radius 3 is 1.80 bits per heavy atom. The molecule has 0 aromatic rings. The monoisotopic (exact) mass is 629 g/mol. The molecule has 0 aliphatic heterocycles. The van der Waals surface area contributed by atoms with Crippen LogP contribution in [0, 0.1) is 5.92 Å².